The Kier molecular flexibility index (Phi) is 4.88. The van der Waals surface area contributed by atoms with Crippen LogP contribution in [-0.2, 0) is 9.53 Å². The Morgan fingerprint density at radius 3 is 2.28 bits per heavy atom. The van der Waals surface area contributed by atoms with Crippen molar-refractivity contribution in [3.8, 4) is 0 Å². The van der Waals surface area contributed by atoms with Crippen LogP contribution in [-0.4, -0.2) is 22.3 Å². The summed E-state index contributed by atoms with van der Waals surface area (Å²) in [6, 6.07) is 18.5. The molecule has 0 saturated carbocycles. The van der Waals surface area contributed by atoms with Crippen LogP contribution in [0.4, 0.5) is 0 Å². The SMILES string of the molecule is CCCC[C@]1(C)C(=O)O[C@@H](c2ccccc2)N1C(=O)c1ccccc1. The highest BCUT2D eigenvalue weighted by Gasteiger charge is 2.54. The van der Waals surface area contributed by atoms with E-state index in [2.05, 4.69) is 6.92 Å². The summed E-state index contributed by atoms with van der Waals surface area (Å²) in [5.41, 5.74) is 0.411. The summed E-state index contributed by atoms with van der Waals surface area (Å²) < 4.78 is 5.68. The van der Waals surface area contributed by atoms with Gasteiger partial charge in [0.25, 0.3) is 5.91 Å². The van der Waals surface area contributed by atoms with Gasteiger partial charge in [0, 0.05) is 11.1 Å². The highest BCUT2D eigenvalue weighted by atomic mass is 16.6. The molecule has 0 bridgehead atoms. The molecule has 3 rings (SSSR count). The van der Waals surface area contributed by atoms with Gasteiger partial charge in [-0.15, -0.1) is 0 Å². The van der Waals surface area contributed by atoms with Crippen molar-refractivity contribution < 1.29 is 14.3 Å². The quantitative estimate of drug-likeness (QED) is 0.763. The number of hydrogen-bond acceptors (Lipinski definition) is 3. The molecule has 2 atom stereocenters. The number of nitrogens with zero attached hydrogens (tertiary/aromatic N) is 1. The summed E-state index contributed by atoms with van der Waals surface area (Å²) in [4.78, 5) is 27.6. The number of benzene rings is 2. The molecule has 0 N–H and O–H groups in total. The van der Waals surface area contributed by atoms with E-state index in [1.54, 1.807) is 17.0 Å². The summed E-state index contributed by atoms with van der Waals surface area (Å²) in [5.74, 6) is -0.516. The Morgan fingerprint density at radius 1 is 1.08 bits per heavy atom. The molecule has 1 amide bonds. The maximum Gasteiger partial charge on any atom is 0.334 e. The zero-order valence-corrected chi connectivity index (χ0v) is 14.6. The van der Waals surface area contributed by atoms with Crippen LogP contribution in [0.25, 0.3) is 0 Å². The van der Waals surface area contributed by atoms with Gasteiger partial charge in [-0.25, -0.2) is 4.79 Å². The molecule has 0 spiro atoms. The van der Waals surface area contributed by atoms with Crippen LogP contribution in [0.5, 0.6) is 0 Å². The van der Waals surface area contributed by atoms with Gasteiger partial charge in [0.05, 0.1) is 0 Å². The molecule has 1 aliphatic rings. The Labute approximate surface area is 148 Å². The van der Waals surface area contributed by atoms with Crippen molar-refractivity contribution in [1.29, 1.82) is 0 Å². The average molecular weight is 337 g/mol. The van der Waals surface area contributed by atoms with Crippen LogP contribution in [0.15, 0.2) is 60.7 Å². The first-order valence-corrected chi connectivity index (χ1v) is 8.72. The van der Waals surface area contributed by atoms with Crippen molar-refractivity contribution in [3.63, 3.8) is 0 Å². The van der Waals surface area contributed by atoms with Crippen LogP contribution < -0.4 is 0 Å². The van der Waals surface area contributed by atoms with Gasteiger partial charge in [-0.3, -0.25) is 9.69 Å². The summed E-state index contributed by atoms with van der Waals surface area (Å²) in [6.07, 6.45) is 1.70. The topological polar surface area (TPSA) is 46.6 Å². The van der Waals surface area contributed by atoms with Crippen LogP contribution in [0.2, 0.25) is 0 Å². The molecule has 130 valence electrons. The fourth-order valence-electron chi connectivity index (χ4n) is 3.27. The number of unbranched alkanes of at least 4 members (excludes halogenated alkanes) is 1. The number of cyclic esters (lactones) is 1. The monoisotopic (exact) mass is 337 g/mol. The predicted octanol–water partition coefficient (Wildman–Crippen LogP) is 4.33. The third-order valence-electron chi connectivity index (χ3n) is 4.77. The molecular formula is C21H23NO3. The van der Waals surface area contributed by atoms with Gasteiger partial charge >= 0.3 is 5.97 Å². The lowest BCUT2D eigenvalue weighted by molar-refractivity contribution is -0.145. The molecule has 1 heterocycles. The van der Waals surface area contributed by atoms with Gasteiger partial charge < -0.3 is 4.74 Å². The molecule has 0 radical (unpaired) electrons. The molecular weight excluding hydrogens is 314 g/mol. The predicted molar refractivity (Wildman–Crippen MR) is 95.8 cm³/mol. The Hall–Kier alpha value is -2.62. The third kappa shape index (κ3) is 3.16. The van der Waals surface area contributed by atoms with E-state index in [0.29, 0.717) is 12.0 Å². The van der Waals surface area contributed by atoms with Gasteiger partial charge in [-0.1, -0.05) is 68.3 Å². The molecule has 0 aromatic heterocycles. The van der Waals surface area contributed by atoms with E-state index in [1.165, 1.54) is 0 Å². The minimum absolute atomic E-state index is 0.182. The van der Waals surface area contributed by atoms with Gasteiger partial charge in [0.1, 0.15) is 5.54 Å². The van der Waals surface area contributed by atoms with Gasteiger partial charge in [-0.2, -0.15) is 0 Å². The van der Waals surface area contributed by atoms with Gasteiger partial charge in [0.15, 0.2) is 0 Å². The van der Waals surface area contributed by atoms with Crippen molar-refractivity contribution in [3.05, 3.63) is 71.8 Å². The highest BCUT2D eigenvalue weighted by Crippen LogP contribution is 2.41. The lowest BCUT2D eigenvalue weighted by Gasteiger charge is -2.33. The molecule has 1 fully saturated rings. The van der Waals surface area contributed by atoms with E-state index in [1.807, 2.05) is 55.5 Å². The Bertz CT molecular complexity index is 744. The molecule has 2 aromatic carbocycles. The second-order valence-corrected chi connectivity index (χ2v) is 6.59. The first kappa shape index (κ1) is 17.2. The van der Waals surface area contributed by atoms with Crippen LogP contribution in [0.3, 0.4) is 0 Å². The van der Waals surface area contributed by atoms with E-state index in [9.17, 15) is 9.59 Å². The smallest absolute Gasteiger partial charge is 0.334 e. The number of amides is 1. The zero-order valence-electron chi connectivity index (χ0n) is 14.6. The van der Waals surface area contributed by atoms with Crippen LogP contribution in [0, 0.1) is 0 Å². The van der Waals surface area contributed by atoms with E-state index >= 15 is 0 Å². The third-order valence-corrected chi connectivity index (χ3v) is 4.77. The number of hydrogen-bond donors (Lipinski definition) is 0. The van der Waals surface area contributed by atoms with Crippen molar-refractivity contribution >= 4 is 11.9 Å². The number of esters is 1. The molecule has 1 saturated heterocycles. The average Bonchev–Trinajstić information content (AvgIpc) is 2.92. The highest BCUT2D eigenvalue weighted by molar-refractivity contribution is 5.99. The van der Waals surface area contributed by atoms with Crippen molar-refractivity contribution in [1.82, 2.24) is 4.90 Å². The molecule has 4 nitrogen and oxygen atoms in total. The lowest BCUT2D eigenvalue weighted by atomic mass is 9.92. The first-order valence-electron chi connectivity index (χ1n) is 8.72. The molecule has 0 aliphatic carbocycles. The number of carbonyl (C=O) groups is 2. The van der Waals surface area contributed by atoms with Crippen molar-refractivity contribution in [2.24, 2.45) is 0 Å². The minimum Gasteiger partial charge on any atom is -0.435 e. The van der Waals surface area contributed by atoms with Gasteiger partial charge in [0.2, 0.25) is 6.23 Å². The van der Waals surface area contributed by atoms with Crippen molar-refractivity contribution in [2.45, 2.75) is 44.9 Å². The van der Waals surface area contributed by atoms with Crippen LogP contribution in [0.1, 0.15) is 55.3 Å². The van der Waals surface area contributed by atoms with E-state index in [4.69, 9.17) is 4.74 Å². The Balaban J connectivity index is 2.04. The van der Waals surface area contributed by atoms with Crippen LogP contribution >= 0.6 is 0 Å². The standard InChI is InChI=1S/C21H23NO3/c1-3-4-15-21(2)20(24)25-19(17-13-9-6-10-14-17)22(21)18(23)16-11-7-5-8-12-16/h5-14,19H,3-4,15H2,1-2H3/t19-,21+/m0/s1. The number of carbonyl (C=O) groups excluding carboxylic acids is 2. The lowest BCUT2D eigenvalue weighted by Crippen LogP contribution is -2.49. The molecule has 0 unspecified atom stereocenters. The molecule has 25 heavy (non-hydrogen) atoms. The minimum atomic E-state index is -0.955. The summed E-state index contributed by atoms with van der Waals surface area (Å²) >= 11 is 0. The molecule has 4 heteroatoms. The Morgan fingerprint density at radius 2 is 1.68 bits per heavy atom. The maximum absolute atomic E-state index is 13.2. The fraction of sp³-hybridized carbons (Fsp3) is 0.333. The summed E-state index contributed by atoms with van der Waals surface area (Å²) in [5, 5.41) is 0. The number of rotatable bonds is 5. The molecule has 1 aliphatic heterocycles. The number of ether oxygens (including phenoxy) is 1. The summed E-state index contributed by atoms with van der Waals surface area (Å²) in [7, 11) is 0. The first-order chi connectivity index (χ1) is 12.1. The second kappa shape index (κ2) is 7.09. The second-order valence-electron chi connectivity index (χ2n) is 6.59. The summed E-state index contributed by atoms with van der Waals surface area (Å²) in [6.45, 7) is 3.89. The maximum atomic E-state index is 13.2. The van der Waals surface area contributed by atoms with E-state index < -0.39 is 11.8 Å². The zero-order chi connectivity index (χ0) is 17.9. The van der Waals surface area contributed by atoms with Crippen molar-refractivity contribution in [2.75, 3.05) is 0 Å². The van der Waals surface area contributed by atoms with E-state index in [-0.39, 0.29) is 11.9 Å². The van der Waals surface area contributed by atoms with E-state index in [0.717, 1.165) is 18.4 Å². The largest absolute Gasteiger partial charge is 0.435 e. The van der Waals surface area contributed by atoms with Gasteiger partial charge in [-0.05, 0) is 25.5 Å². The molecule has 2 aromatic rings. The normalized spacial score (nSPS) is 22.7. The fourth-order valence-corrected chi connectivity index (χ4v) is 3.27.